The van der Waals surface area contributed by atoms with Crippen LogP contribution in [0.25, 0.3) is 0 Å². The van der Waals surface area contributed by atoms with Gasteiger partial charge in [-0.25, -0.2) is 0 Å². The first-order valence-electron chi connectivity index (χ1n) is 3.62. The van der Waals surface area contributed by atoms with E-state index in [1.54, 1.807) is 14.2 Å². The van der Waals surface area contributed by atoms with Crippen molar-refractivity contribution in [3.05, 3.63) is 23.6 Å². The average molecular weight is 172 g/mol. The third-order valence-electron chi connectivity index (χ3n) is 1.44. The van der Waals surface area contributed by atoms with Gasteiger partial charge in [-0.2, -0.15) is 0 Å². The molecule has 0 saturated carbocycles. The molecule has 0 aromatic rings. The van der Waals surface area contributed by atoms with Crippen LogP contribution in [0.4, 0.5) is 0 Å². The summed E-state index contributed by atoms with van der Waals surface area (Å²) in [6.07, 6.45) is 3.92. The second-order valence-electron chi connectivity index (χ2n) is 2.13. The smallest absolute Gasteiger partial charge is 0.390 e. The van der Waals surface area contributed by atoms with Crippen LogP contribution in [-0.2, 0) is 8.85 Å². The maximum Gasteiger partial charge on any atom is 0.390 e. The molecule has 0 rings (SSSR count). The molecule has 0 aliphatic carbocycles. The zero-order valence-electron chi connectivity index (χ0n) is 7.63. The maximum absolute atomic E-state index is 5.31. The first-order valence-corrected chi connectivity index (χ1v) is 5.59. The fraction of sp³-hybridized carbons (Fsp3) is 0.500. The van der Waals surface area contributed by atoms with Gasteiger partial charge in [-0.05, 0) is 25.2 Å². The van der Waals surface area contributed by atoms with Crippen molar-refractivity contribution in [3.63, 3.8) is 0 Å². The molecule has 0 atom stereocenters. The summed E-state index contributed by atoms with van der Waals surface area (Å²) in [7, 11) is 1.25. The molecular weight excluding hydrogens is 156 g/mol. The predicted molar refractivity (Wildman–Crippen MR) is 49.4 cm³/mol. The molecule has 0 N–H and O–H groups in total. The average Bonchev–Trinajstić information content (AvgIpc) is 2.04. The van der Waals surface area contributed by atoms with Crippen molar-refractivity contribution in [3.8, 4) is 0 Å². The lowest BCUT2D eigenvalue weighted by molar-refractivity contribution is 0.269. The van der Waals surface area contributed by atoms with Gasteiger partial charge in [-0.3, -0.25) is 0 Å². The van der Waals surface area contributed by atoms with Crippen molar-refractivity contribution in [1.82, 2.24) is 0 Å². The van der Waals surface area contributed by atoms with Crippen molar-refractivity contribution >= 4 is 8.56 Å². The van der Waals surface area contributed by atoms with Gasteiger partial charge in [0.25, 0.3) is 0 Å². The Kier molecular flexibility index (Phi) is 5.11. The molecule has 0 aromatic carbocycles. The Labute approximate surface area is 69.8 Å². The van der Waals surface area contributed by atoms with E-state index in [2.05, 4.69) is 0 Å². The first-order chi connectivity index (χ1) is 5.24. The molecular formula is C8H16O2Si. The van der Waals surface area contributed by atoms with Gasteiger partial charge in [-0.15, -0.1) is 0 Å². The summed E-state index contributed by atoms with van der Waals surface area (Å²) < 4.78 is 10.6. The minimum absolute atomic E-state index is 1.68. The monoisotopic (exact) mass is 172 g/mol. The molecule has 0 fully saturated rings. The van der Waals surface area contributed by atoms with E-state index in [4.69, 9.17) is 8.85 Å². The summed E-state index contributed by atoms with van der Waals surface area (Å²) in [6, 6.07) is 0. The predicted octanol–water partition coefficient (Wildman–Crippen LogP) is 1.95. The highest BCUT2D eigenvalue weighted by atomic mass is 28.4. The Bertz CT molecular complexity index is 134. The highest BCUT2D eigenvalue weighted by molar-refractivity contribution is 6.77. The van der Waals surface area contributed by atoms with Crippen LogP contribution in [0.15, 0.2) is 23.6 Å². The summed E-state index contributed by atoms with van der Waals surface area (Å²) in [4.78, 5) is 0. The van der Waals surface area contributed by atoms with E-state index in [9.17, 15) is 0 Å². The minimum Gasteiger partial charge on any atom is -0.392 e. The fourth-order valence-corrected chi connectivity index (χ4v) is 2.63. The molecule has 0 bridgehead atoms. The molecule has 0 radical (unpaired) electrons. The van der Waals surface area contributed by atoms with E-state index < -0.39 is 8.56 Å². The summed E-state index contributed by atoms with van der Waals surface area (Å²) in [5.41, 5.74) is 3.99. The molecule has 0 aliphatic heterocycles. The lowest BCUT2D eigenvalue weighted by atomic mass is 10.8. The Hall–Kier alpha value is -0.383. The quantitative estimate of drug-likeness (QED) is 0.603. The molecule has 0 spiro atoms. The van der Waals surface area contributed by atoms with Crippen LogP contribution in [0.5, 0.6) is 0 Å². The third kappa shape index (κ3) is 3.01. The summed E-state index contributed by atoms with van der Waals surface area (Å²) in [6.45, 7) is 3.92. The molecule has 0 aliphatic rings. The molecule has 64 valence electrons. The largest absolute Gasteiger partial charge is 0.392 e. The van der Waals surface area contributed by atoms with E-state index in [0.717, 1.165) is 0 Å². The molecule has 11 heavy (non-hydrogen) atoms. The van der Waals surface area contributed by atoms with Crippen molar-refractivity contribution < 1.29 is 8.85 Å². The second kappa shape index (κ2) is 5.29. The van der Waals surface area contributed by atoms with Gasteiger partial charge in [0.2, 0.25) is 0 Å². The lowest BCUT2D eigenvalue weighted by Crippen LogP contribution is -2.36. The van der Waals surface area contributed by atoms with Crippen LogP contribution in [0.3, 0.4) is 0 Å². The SMILES string of the molecule is C/C=C\[Si](/C=C\C)(OC)OC. The van der Waals surface area contributed by atoms with Crippen molar-refractivity contribution in [2.45, 2.75) is 13.8 Å². The van der Waals surface area contributed by atoms with Crippen molar-refractivity contribution in [2.24, 2.45) is 0 Å². The van der Waals surface area contributed by atoms with Crippen LogP contribution in [-0.4, -0.2) is 22.8 Å². The van der Waals surface area contributed by atoms with E-state index >= 15 is 0 Å². The molecule has 3 heteroatoms. The van der Waals surface area contributed by atoms with Crippen LogP contribution >= 0.6 is 0 Å². The topological polar surface area (TPSA) is 18.5 Å². The van der Waals surface area contributed by atoms with Crippen LogP contribution in [0.2, 0.25) is 0 Å². The van der Waals surface area contributed by atoms with Crippen molar-refractivity contribution in [1.29, 1.82) is 0 Å². The van der Waals surface area contributed by atoms with Gasteiger partial charge < -0.3 is 8.85 Å². The zero-order chi connectivity index (χ0) is 8.74. The minimum atomic E-state index is -2.10. The Morgan fingerprint density at radius 3 is 1.45 bits per heavy atom. The van der Waals surface area contributed by atoms with E-state index in [-0.39, 0.29) is 0 Å². The molecule has 0 aromatic heterocycles. The Morgan fingerprint density at radius 1 is 0.909 bits per heavy atom. The maximum atomic E-state index is 5.31. The highest BCUT2D eigenvalue weighted by Crippen LogP contribution is 2.08. The van der Waals surface area contributed by atoms with E-state index in [0.29, 0.717) is 0 Å². The van der Waals surface area contributed by atoms with Crippen LogP contribution in [0, 0.1) is 0 Å². The Morgan fingerprint density at radius 2 is 1.27 bits per heavy atom. The molecule has 0 heterocycles. The number of hydrogen-bond donors (Lipinski definition) is 0. The van der Waals surface area contributed by atoms with Crippen LogP contribution < -0.4 is 0 Å². The van der Waals surface area contributed by atoms with Gasteiger partial charge in [0, 0.05) is 14.2 Å². The van der Waals surface area contributed by atoms with Gasteiger partial charge in [0.1, 0.15) is 0 Å². The van der Waals surface area contributed by atoms with Crippen molar-refractivity contribution in [2.75, 3.05) is 14.2 Å². The lowest BCUT2D eigenvalue weighted by Gasteiger charge is -2.19. The van der Waals surface area contributed by atoms with Gasteiger partial charge in [-0.1, -0.05) is 12.2 Å². The molecule has 0 saturated heterocycles. The normalized spacial score (nSPS) is 13.5. The fourth-order valence-electron chi connectivity index (χ4n) is 0.876. The summed E-state index contributed by atoms with van der Waals surface area (Å²) in [5.74, 6) is 0. The molecule has 0 amide bonds. The number of rotatable bonds is 4. The third-order valence-corrected chi connectivity index (χ3v) is 4.31. The molecule has 0 unspecified atom stereocenters. The molecule has 2 nitrogen and oxygen atoms in total. The van der Waals surface area contributed by atoms with E-state index in [1.807, 2.05) is 37.4 Å². The van der Waals surface area contributed by atoms with Gasteiger partial charge in [0.15, 0.2) is 0 Å². The number of hydrogen-bond acceptors (Lipinski definition) is 2. The highest BCUT2D eigenvalue weighted by Gasteiger charge is 2.27. The van der Waals surface area contributed by atoms with Crippen LogP contribution in [0.1, 0.15) is 13.8 Å². The zero-order valence-corrected chi connectivity index (χ0v) is 8.63. The Balaban J connectivity index is 4.45. The van der Waals surface area contributed by atoms with Gasteiger partial charge >= 0.3 is 8.56 Å². The second-order valence-corrected chi connectivity index (χ2v) is 5.06. The summed E-state index contributed by atoms with van der Waals surface area (Å²) >= 11 is 0. The van der Waals surface area contributed by atoms with Gasteiger partial charge in [0.05, 0.1) is 0 Å². The first kappa shape index (κ1) is 10.6. The number of allylic oxidation sites excluding steroid dienone is 2. The summed E-state index contributed by atoms with van der Waals surface area (Å²) in [5, 5.41) is 0. The van der Waals surface area contributed by atoms with E-state index in [1.165, 1.54) is 0 Å². The standard InChI is InChI=1S/C8H16O2Si/c1-5-7-11(9-3,10-4)8-6-2/h5-8H,1-4H3/b7-5-,8-6-.